The van der Waals surface area contributed by atoms with Gasteiger partial charge in [0, 0.05) is 25.3 Å². The summed E-state index contributed by atoms with van der Waals surface area (Å²) in [6, 6.07) is 16.9. The zero-order chi connectivity index (χ0) is 19.2. The molecular weight excluding hydrogens is 346 g/mol. The normalized spacial score (nSPS) is 16.9. The molecule has 2 aromatic rings. The number of piperazine rings is 1. The highest BCUT2D eigenvalue weighted by atomic mass is 16.4. The molecule has 27 heavy (non-hydrogen) atoms. The monoisotopic (exact) mass is 367 g/mol. The zero-order valence-corrected chi connectivity index (χ0v) is 14.7. The molecule has 7 heteroatoms. The fourth-order valence-corrected chi connectivity index (χ4v) is 3.12. The van der Waals surface area contributed by atoms with Crippen molar-refractivity contribution in [2.45, 2.75) is 19.0 Å². The maximum atomic E-state index is 12.9. The summed E-state index contributed by atoms with van der Waals surface area (Å²) in [7, 11) is 0. The second-order valence-electron chi connectivity index (χ2n) is 6.35. The van der Waals surface area contributed by atoms with Gasteiger partial charge < -0.3 is 20.2 Å². The van der Waals surface area contributed by atoms with Crippen LogP contribution in [0.2, 0.25) is 0 Å². The predicted octanol–water partition coefficient (Wildman–Crippen LogP) is 2.41. The molecular formula is C20H21N3O4. The third kappa shape index (κ3) is 4.63. The molecule has 0 aromatic heterocycles. The number of aliphatic carboxylic acids is 1. The Morgan fingerprint density at radius 1 is 1.00 bits per heavy atom. The van der Waals surface area contributed by atoms with Crippen molar-refractivity contribution >= 4 is 23.6 Å². The summed E-state index contributed by atoms with van der Waals surface area (Å²) < 4.78 is 0. The van der Waals surface area contributed by atoms with Crippen molar-refractivity contribution in [2.75, 3.05) is 18.4 Å². The summed E-state index contributed by atoms with van der Waals surface area (Å²) in [6.45, 7) is 1.02. The highest BCUT2D eigenvalue weighted by Crippen LogP contribution is 2.19. The lowest BCUT2D eigenvalue weighted by Crippen LogP contribution is -2.59. The molecule has 140 valence electrons. The van der Waals surface area contributed by atoms with Crippen molar-refractivity contribution in [2.24, 2.45) is 0 Å². The number of carboxylic acid groups (broad SMARTS) is 1. The molecule has 0 spiro atoms. The van der Waals surface area contributed by atoms with Gasteiger partial charge in [0.15, 0.2) is 0 Å². The SMILES string of the molecule is O=C(O)CC1C(=O)N(Cc2ccccc2)CCN1C(=O)Nc1ccccc1. The van der Waals surface area contributed by atoms with Crippen molar-refractivity contribution in [3.8, 4) is 0 Å². The Labute approximate surface area is 157 Å². The summed E-state index contributed by atoms with van der Waals surface area (Å²) in [5.41, 5.74) is 1.55. The molecule has 2 aromatic carbocycles. The van der Waals surface area contributed by atoms with Crippen molar-refractivity contribution in [1.29, 1.82) is 0 Å². The van der Waals surface area contributed by atoms with E-state index in [-0.39, 0.29) is 12.5 Å². The van der Waals surface area contributed by atoms with Crippen LogP contribution in [-0.2, 0) is 16.1 Å². The van der Waals surface area contributed by atoms with E-state index in [2.05, 4.69) is 5.32 Å². The van der Waals surface area contributed by atoms with Crippen LogP contribution < -0.4 is 5.32 Å². The minimum absolute atomic E-state index is 0.273. The molecule has 0 radical (unpaired) electrons. The molecule has 1 saturated heterocycles. The van der Waals surface area contributed by atoms with E-state index in [1.807, 2.05) is 36.4 Å². The van der Waals surface area contributed by atoms with Crippen LogP contribution in [0.4, 0.5) is 10.5 Å². The van der Waals surface area contributed by atoms with E-state index < -0.39 is 24.5 Å². The smallest absolute Gasteiger partial charge is 0.322 e. The van der Waals surface area contributed by atoms with Gasteiger partial charge >= 0.3 is 12.0 Å². The number of carbonyl (C=O) groups excluding carboxylic acids is 2. The van der Waals surface area contributed by atoms with Crippen LogP contribution >= 0.6 is 0 Å². The van der Waals surface area contributed by atoms with Crippen LogP contribution in [0, 0.1) is 0 Å². The third-order valence-corrected chi connectivity index (χ3v) is 4.45. The topological polar surface area (TPSA) is 90.0 Å². The van der Waals surface area contributed by atoms with Crippen molar-refractivity contribution in [3.63, 3.8) is 0 Å². The second kappa shape index (κ2) is 8.35. The van der Waals surface area contributed by atoms with Gasteiger partial charge in [-0.1, -0.05) is 48.5 Å². The predicted molar refractivity (Wildman–Crippen MR) is 100 cm³/mol. The zero-order valence-electron chi connectivity index (χ0n) is 14.7. The number of nitrogens with zero attached hydrogens (tertiary/aromatic N) is 2. The van der Waals surface area contributed by atoms with Crippen LogP contribution in [0.5, 0.6) is 0 Å². The average Bonchev–Trinajstić information content (AvgIpc) is 2.66. The Kier molecular flexibility index (Phi) is 5.71. The summed E-state index contributed by atoms with van der Waals surface area (Å²) in [6.07, 6.45) is -0.424. The van der Waals surface area contributed by atoms with Gasteiger partial charge in [-0.25, -0.2) is 4.79 Å². The number of hydrogen-bond donors (Lipinski definition) is 2. The van der Waals surface area contributed by atoms with E-state index in [0.717, 1.165) is 5.56 Å². The quantitative estimate of drug-likeness (QED) is 0.849. The van der Waals surface area contributed by atoms with Crippen molar-refractivity contribution in [3.05, 3.63) is 66.2 Å². The van der Waals surface area contributed by atoms with Crippen molar-refractivity contribution in [1.82, 2.24) is 9.80 Å². The standard InChI is InChI=1S/C20H21N3O4/c24-18(25)13-17-19(26)22(14-15-7-3-1-4-8-15)11-12-23(17)20(27)21-16-9-5-2-6-10-16/h1-10,17H,11-14H2,(H,21,27)(H,24,25). The number of benzene rings is 2. The fraction of sp³-hybridized carbons (Fsp3) is 0.250. The molecule has 1 fully saturated rings. The number of rotatable bonds is 5. The first kappa shape index (κ1) is 18.4. The molecule has 1 unspecified atom stereocenters. The molecule has 7 nitrogen and oxygen atoms in total. The fourth-order valence-electron chi connectivity index (χ4n) is 3.12. The Hall–Kier alpha value is -3.35. The Bertz CT molecular complexity index is 810. The second-order valence-corrected chi connectivity index (χ2v) is 6.35. The molecule has 1 aliphatic heterocycles. The van der Waals surface area contributed by atoms with Crippen LogP contribution in [0.3, 0.4) is 0 Å². The van der Waals surface area contributed by atoms with E-state index >= 15 is 0 Å². The lowest BCUT2D eigenvalue weighted by atomic mass is 10.1. The van der Waals surface area contributed by atoms with Crippen LogP contribution in [0.1, 0.15) is 12.0 Å². The molecule has 2 N–H and O–H groups in total. The van der Waals surface area contributed by atoms with E-state index in [0.29, 0.717) is 18.8 Å². The van der Waals surface area contributed by atoms with Gasteiger partial charge in [0.05, 0.1) is 6.42 Å². The molecule has 1 aliphatic rings. The molecule has 0 aliphatic carbocycles. The van der Waals surface area contributed by atoms with Gasteiger partial charge in [-0.15, -0.1) is 0 Å². The van der Waals surface area contributed by atoms with E-state index in [1.54, 1.807) is 29.2 Å². The highest BCUT2D eigenvalue weighted by Gasteiger charge is 2.38. The van der Waals surface area contributed by atoms with E-state index in [9.17, 15) is 19.5 Å². The van der Waals surface area contributed by atoms with E-state index in [1.165, 1.54) is 4.90 Å². The van der Waals surface area contributed by atoms with Gasteiger partial charge in [-0.05, 0) is 17.7 Å². The van der Waals surface area contributed by atoms with Gasteiger partial charge in [-0.2, -0.15) is 0 Å². The van der Waals surface area contributed by atoms with Gasteiger partial charge in [0.25, 0.3) is 0 Å². The lowest BCUT2D eigenvalue weighted by Gasteiger charge is -2.40. The van der Waals surface area contributed by atoms with Gasteiger partial charge in [0.2, 0.25) is 5.91 Å². The maximum absolute atomic E-state index is 12.9. The minimum atomic E-state index is -1.12. The number of carbonyl (C=O) groups is 3. The first-order chi connectivity index (χ1) is 13.0. The highest BCUT2D eigenvalue weighted by molar-refractivity contribution is 5.96. The molecule has 0 bridgehead atoms. The van der Waals surface area contributed by atoms with Crippen LogP contribution in [-0.4, -0.2) is 51.9 Å². The first-order valence-corrected chi connectivity index (χ1v) is 8.72. The Morgan fingerprint density at radius 3 is 2.26 bits per heavy atom. The number of urea groups is 1. The molecule has 3 rings (SSSR count). The Balaban J connectivity index is 1.74. The molecule has 1 heterocycles. The number of para-hydroxylation sites is 1. The van der Waals surface area contributed by atoms with E-state index in [4.69, 9.17) is 0 Å². The number of carboxylic acids is 1. The summed E-state index contributed by atoms with van der Waals surface area (Å²) >= 11 is 0. The number of nitrogens with one attached hydrogen (secondary N) is 1. The minimum Gasteiger partial charge on any atom is -0.481 e. The third-order valence-electron chi connectivity index (χ3n) is 4.45. The van der Waals surface area contributed by atoms with Gasteiger partial charge in [-0.3, -0.25) is 9.59 Å². The first-order valence-electron chi connectivity index (χ1n) is 8.72. The summed E-state index contributed by atoms with van der Waals surface area (Å²) in [4.78, 5) is 39.7. The maximum Gasteiger partial charge on any atom is 0.322 e. The van der Waals surface area contributed by atoms with Crippen LogP contribution in [0.25, 0.3) is 0 Å². The van der Waals surface area contributed by atoms with Gasteiger partial charge in [0.1, 0.15) is 6.04 Å². The summed E-state index contributed by atoms with van der Waals surface area (Å²) in [5, 5.41) is 11.9. The Morgan fingerprint density at radius 2 is 1.63 bits per heavy atom. The van der Waals surface area contributed by atoms with Crippen molar-refractivity contribution < 1.29 is 19.5 Å². The summed E-state index contributed by atoms with van der Waals surface area (Å²) in [5.74, 6) is -1.47. The average molecular weight is 367 g/mol. The molecule has 0 saturated carbocycles. The number of anilines is 1. The van der Waals surface area contributed by atoms with Crippen LogP contribution in [0.15, 0.2) is 60.7 Å². The molecule has 1 atom stereocenters. The molecule has 3 amide bonds. The number of amides is 3. The lowest BCUT2D eigenvalue weighted by molar-refractivity contribution is -0.147. The largest absolute Gasteiger partial charge is 0.481 e. The number of hydrogen-bond acceptors (Lipinski definition) is 3.